The molecule has 0 bridgehead atoms. The van der Waals surface area contributed by atoms with Crippen molar-refractivity contribution in [1.82, 2.24) is 9.97 Å². The molecule has 2 rings (SSSR count). The van der Waals surface area contributed by atoms with E-state index in [1.54, 1.807) is 0 Å². The number of rotatable bonds is 5. The van der Waals surface area contributed by atoms with E-state index < -0.39 is 0 Å². The molecule has 0 amide bonds. The predicted octanol–water partition coefficient (Wildman–Crippen LogP) is 3.17. The van der Waals surface area contributed by atoms with Crippen molar-refractivity contribution in [3.8, 4) is 0 Å². The Morgan fingerprint density at radius 2 is 2.00 bits per heavy atom. The van der Waals surface area contributed by atoms with Crippen molar-refractivity contribution in [2.45, 2.75) is 46.0 Å². The Morgan fingerprint density at radius 1 is 1.31 bits per heavy atom. The van der Waals surface area contributed by atoms with Gasteiger partial charge in [0.25, 0.3) is 0 Å². The van der Waals surface area contributed by atoms with E-state index in [1.165, 1.54) is 32.1 Å². The molecule has 1 aromatic heterocycles. The highest BCUT2D eigenvalue weighted by Crippen LogP contribution is 2.44. The van der Waals surface area contributed by atoms with Gasteiger partial charge in [0.2, 0.25) is 5.95 Å². The Kier molecular flexibility index (Phi) is 3.42. The van der Waals surface area contributed by atoms with Gasteiger partial charge in [-0.05, 0) is 37.2 Å². The first-order valence-corrected chi connectivity index (χ1v) is 6.27. The van der Waals surface area contributed by atoms with Crippen LogP contribution in [-0.4, -0.2) is 16.5 Å². The molecule has 0 unspecified atom stereocenters. The lowest BCUT2D eigenvalue weighted by Crippen LogP contribution is -2.36. The van der Waals surface area contributed by atoms with Crippen molar-refractivity contribution in [2.75, 3.05) is 11.9 Å². The third-order valence-corrected chi connectivity index (χ3v) is 3.60. The fourth-order valence-corrected chi connectivity index (χ4v) is 2.47. The SMILES string of the molecule is CCCC1(CNc2ncc(C)cn2)CCC1. The van der Waals surface area contributed by atoms with Crippen LogP contribution < -0.4 is 5.32 Å². The fourth-order valence-electron chi connectivity index (χ4n) is 2.47. The second-order valence-corrected chi connectivity index (χ2v) is 5.04. The van der Waals surface area contributed by atoms with Gasteiger partial charge in [-0.25, -0.2) is 9.97 Å². The van der Waals surface area contributed by atoms with E-state index in [0.29, 0.717) is 5.41 Å². The summed E-state index contributed by atoms with van der Waals surface area (Å²) in [6.45, 7) is 5.31. The van der Waals surface area contributed by atoms with Crippen molar-refractivity contribution in [3.05, 3.63) is 18.0 Å². The van der Waals surface area contributed by atoms with Crippen LogP contribution >= 0.6 is 0 Å². The van der Waals surface area contributed by atoms with Crippen LogP contribution in [0.3, 0.4) is 0 Å². The van der Waals surface area contributed by atoms with E-state index in [-0.39, 0.29) is 0 Å². The van der Waals surface area contributed by atoms with Crippen LogP contribution in [0.25, 0.3) is 0 Å². The number of aromatic nitrogens is 2. The zero-order valence-corrected chi connectivity index (χ0v) is 10.3. The summed E-state index contributed by atoms with van der Waals surface area (Å²) < 4.78 is 0. The van der Waals surface area contributed by atoms with Crippen molar-refractivity contribution >= 4 is 5.95 Å². The molecule has 1 fully saturated rings. The topological polar surface area (TPSA) is 37.8 Å². The van der Waals surface area contributed by atoms with Crippen molar-refractivity contribution in [2.24, 2.45) is 5.41 Å². The lowest BCUT2D eigenvalue weighted by molar-refractivity contribution is 0.135. The maximum atomic E-state index is 4.28. The molecule has 3 nitrogen and oxygen atoms in total. The molecule has 3 heteroatoms. The molecule has 88 valence electrons. The largest absolute Gasteiger partial charge is 0.354 e. The second kappa shape index (κ2) is 4.81. The summed E-state index contributed by atoms with van der Waals surface area (Å²) in [6.07, 6.45) is 10.4. The van der Waals surface area contributed by atoms with Crippen molar-refractivity contribution < 1.29 is 0 Å². The van der Waals surface area contributed by atoms with Crippen molar-refractivity contribution in [3.63, 3.8) is 0 Å². The van der Waals surface area contributed by atoms with Crippen LogP contribution in [0.1, 0.15) is 44.6 Å². The van der Waals surface area contributed by atoms with Crippen LogP contribution in [0.4, 0.5) is 5.95 Å². The summed E-state index contributed by atoms with van der Waals surface area (Å²) in [5, 5.41) is 3.38. The van der Waals surface area contributed by atoms with Gasteiger partial charge in [-0.3, -0.25) is 0 Å². The third-order valence-electron chi connectivity index (χ3n) is 3.60. The highest BCUT2D eigenvalue weighted by Gasteiger charge is 2.35. The smallest absolute Gasteiger partial charge is 0.222 e. The molecule has 0 spiro atoms. The second-order valence-electron chi connectivity index (χ2n) is 5.04. The molecule has 1 aliphatic carbocycles. The van der Waals surface area contributed by atoms with Gasteiger partial charge in [-0.2, -0.15) is 0 Å². The quantitative estimate of drug-likeness (QED) is 0.826. The Hall–Kier alpha value is -1.12. The molecule has 0 atom stereocenters. The predicted molar refractivity (Wildman–Crippen MR) is 66.5 cm³/mol. The highest BCUT2D eigenvalue weighted by molar-refractivity contribution is 5.25. The van der Waals surface area contributed by atoms with E-state index in [0.717, 1.165) is 18.1 Å². The Labute approximate surface area is 97.7 Å². The molecule has 1 saturated carbocycles. The summed E-state index contributed by atoms with van der Waals surface area (Å²) in [5.74, 6) is 0.771. The first-order chi connectivity index (χ1) is 7.74. The van der Waals surface area contributed by atoms with Gasteiger partial charge in [0, 0.05) is 18.9 Å². The Balaban J connectivity index is 1.88. The standard InChI is InChI=1S/C13H21N3/c1-3-5-13(6-4-7-13)10-16-12-14-8-11(2)9-15-12/h8-9H,3-7,10H2,1-2H3,(H,14,15,16). The summed E-state index contributed by atoms with van der Waals surface area (Å²) in [6, 6.07) is 0. The lowest BCUT2D eigenvalue weighted by atomic mass is 9.66. The number of anilines is 1. The molecule has 1 N–H and O–H groups in total. The summed E-state index contributed by atoms with van der Waals surface area (Å²) >= 11 is 0. The average molecular weight is 219 g/mol. The zero-order valence-electron chi connectivity index (χ0n) is 10.3. The summed E-state index contributed by atoms with van der Waals surface area (Å²) in [5.41, 5.74) is 1.64. The molecule has 1 aliphatic rings. The van der Waals surface area contributed by atoms with Crippen LogP contribution in [0.5, 0.6) is 0 Å². The van der Waals surface area contributed by atoms with E-state index >= 15 is 0 Å². The summed E-state index contributed by atoms with van der Waals surface area (Å²) in [4.78, 5) is 8.56. The van der Waals surface area contributed by atoms with Crippen LogP contribution in [0, 0.1) is 12.3 Å². The van der Waals surface area contributed by atoms with Crippen LogP contribution in [0.15, 0.2) is 12.4 Å². The summed E-state index contributed by atoms with van der Waals surface area (Å²) in [7, 11) is 0. The third kappa shape index (κ3) is 2.52. The van der Waals surface area contributed by atoms with Crippen LogP contribution in [0.2, 0.25) is 0 Å². The molecule has 1 aromatic rings. The molecule has 0 aromatic carbocycles. The molecule has 0 aliphatic heterocycles. The molecular weight excluding hydrogens is 198 g/mol. The molecule has 16 heavy (non-hydrogen) atoms. The van der Waals surface area contributed by atoms with Gasteiger partial charge < -0.3 is 5.32 Å². The molecule has 0 saturated heterocycles. The Morgan fingerprint density at radius 3 is 2.50 bits per heavy atom. The monoisotopic (exact) mass is 219 g/mol. The van der Waals surface area contributed by atoms with Crippen molar-refractivity contribution in [1.29, 1.82) is 0 Å². The molecule has 0 radical (unpaired) electrons. The normalized spacial score (nSPS) is 17.9. The minimum absolute atomic E-state index is 0.531. The minimum Gasteiger partial charge on any atom is -0.354 e. The molecule has 1 heterocycles. The number of hydrogen-bond donors (Lipinski definition) is 1. The average Bonchev–Trinajstić information content (AvgIpc) is 2.24. The van der Waals surface area contributed by atoms with E-state index in [4.69, 9.17) is 0 Å². The number of nitrogens with zero attached hydrogens (tertiary/aromatic N) is 2. The first-order valence-electron chi connectivity index (χ1n) is 6.27. The maximum absolute atomic E-state index is 4.28. The van der Waals surface area contributed by atoms with E-state index in [1.807, 2.05) is 19.3 Å². The van der Waals surface area contributed by atoms with E-state index in [2.05, 4.69) is 22.2 Å². The van der Waals surface area contributed by atoms with E-state index in [9.17, 15) is 0 Å². The van der Waals surface area contributed by atoms with Gasteiger partial charge in [0.05, 0.1) is 0 Å². The Bertz CT molecular complexity index is 328. The lowest BCUT2D eigenvalue weighted by Gasteiger charge is -2.42. The maximum Gasteiger partial charge on any atom is 0.222 e. The van der Waals surface area contributed by atoms with Gasteiger partial charge in [0.1, 0.15) is 0 Å². The number of hydrogen-bond acceptors (Lipinski definition) is 3. The first kappa shape index (κ1) is 11.4. The van der Waals surface area contributed by atoms with Crippen LogP contribution in [-0.2, 0) is 0 Å². The number of nitrogens with one attached hydrogen (secondary N) is 1. The number of aryl methyl sites for hydroxylation is 1. The fraction of sp³-hybridized carbons (Fsp3) is 0.692. The minimum atomic E-state index is 0.531. The zero-order chi connectivity index (χ0) is 11.4. The van der Waals surface area contributed by atoms with Gasteiger partial charge in [0.15, 0.2) is 0 Å². The highest BCUT2D eigenvalue weighted by atomic mass is 15.1. The van der Waals surface area contributed by atoms with Gasteiger partial charge in [-0.1, -0.05) is 19.8 Å². The van der Waals surface area contributed by atoms with Gasteiger partial charge >= 0.3 is 0 Å². The van der Waals surface area contributed by atoms with Gasteiger partial charge in [-0.15, -0.1) is 0 Å². The molecular formula is C13H21N3.